The average Bonchev–Trinajstić information content (AvgIpc) is 2.37. The lowest BCUT2D eigenvalue weighted by atomic mass is 10.1. The van der Waals surface area contributed by atoms with Crippen LogP contribution in [0.1, 0.15) is 39.3 Å². The van der Waals surface area contributed by atoms with E-state index in [1.165, 1.54) is 5.56 Å². The summed E-state index contributed by atoms with van der Waals surface area (Å²) < 4.78 is 5.73. The zero-order valence-corrected chi connectivity index (χ0v) is 12.9. The van der Waals surface area contributed by atoms with Gasteiger partial charge in [0.15, 0.2) is 0 Å². The van der Waals surface area contributed by atoms with Crippen molar-refractivity contribution in [3.63, 3.8) is 0 Å². The zero-order chi connectivity index (χ0) is 13.6. The fourth-order valence-corrected chi connectivity index (χ4v) is 1.84. The molecule has 1 unspecified atom stereocenters. The van der Waals surface area contributed by atoms with Crippen molar-refractivity contribution in [2.45, 2.75) is 38.5 Å². The van der Waals surface area contributed by atoms with Gasteiger partial charge in [-0.15, -0.1) is 0 Å². The van der Waals surface area contributed by atoms with E-state index in [1.807, 2.05) is 30.8 Å². The Bertz CT molecular complexity index is 348. The first-order valence-corrected chi connectivity index (χ1v) is 7.72. The van der Waals surface area contributed by atoms with Crippen LogP contribution in [0.5, 0.6) is 5.75 Å². The fourth-order valence-electron chi connectivity index (χ4n) is 1.61. The maximum atomic E-state index is 5.45. The van der Waals surface area contributed by atoms with Crippen LogP contribution in [0.3, 0.4) is 0 Å². The Morgan fingerprint density at radius 3 is 2.39 bits per heavy atom. The van der Waals surface area contributed by atoms with E-state index in [-0.39, 0.29) is 4.75 Å². The second-order valence-electron chi connectivity index (χ2n) is 5.07. The van der Waals surface area contributed by atoms with Gasteiger partial charge in [-0.2, -0.15) is 11.8 Å². The number of ether oxygens (including phenoxy) is 1. The van der Waals surface area contributed by atoms with Gasteiger partial charge < -0.3 is 10.1 Å². The standard InChI is InChI=1S/C15H25NOS/c1-6-17-14-9-7-13(8-10-14)12(2)16-11-15(3,4)18-5/h7-10,12,16H,6,11H2,1-5H3. The molecular weight excluding hydrogens is 242 g/mol. The summed E-state index contributed by atoms with van der Waals surface area (Å²) in [5.74, 6) is 0.942. The highest BCUT2D eigenvalue weighted by molar-refractivity contribution is 7.99. The highest BCUT2D eigenvalue weighted by Gasteiger charge is 2.17. The molecule has 1 atom stereocenters. The molecule has 0 saturated heterocycles. The number of thioether (sulfide) groups is 1. The quantitative estimate of drug-likeness (QED) is 0.810. The SMILES string of the molecule is CCOc1ccc(C(C)NCC(C)(C)SC)cc1. The molecule has 102 valence electrons. The molecule has 0 spiro atoms. The molecule has 18 heavy (non-hydrogen) atoms. The Balaban J connectivity index is 2.53. The summed E-state index contributed by atoms with van der Waals surface area (Å²) >= 11 is 1.89. The van der Waals surface area contributed by atoms with Gasteiger partial charge in [-0.1, -0.05) is 12.1 Å². The van der Waals surface area contributed by atoms with Crippen molar-refractivity contribution in [1.29, 1.82) is 0 Å². The molecule has 0 aromatic heterocycles. The van der Waals surface area contributed by atoms with Crippen LogP contribution in [0.4, 0.5) is 0 Å². The van der Waals surface area contributed by atoms with Gasteiger partial charge in [0.2, 0.25) is 0 Å². The van der Waals surface area contributed by atoms with E-state index in [9.17, 15) is 0 Å². The van der Waals surface area contributed by atoms with Crippen LogP contribution in [0, 0.1) is 0 Å². The van der Waals surface area contributed by atoms with Gasteiger partial charge in [-0.3, -0.25) is 0 Å². The fraction of sp³-hybridized carbons (Fsp3) is 0.600. The molecule has 0 aliphatic rings. The van der Waals surface area contributed by atoms with Gasteiger partial charge in [0.1, 0.15) is 5.75 Å². The monoisotopic (exact) mass is 267 g/mol. The molecule has 0 fully saturated rings. The first kappa shape index (κ1) is 15.4. The summed E-state index contributed by atoms with van der Waals surface area (Å²) in [6.45, 7) is 10.4. The van der Waals surface area contributed by atoms with Crippen LogP contribution in [-0.4, -0.2) is 24.2 Å². The number of rotatable bonds is 7. The highest BCUT2D eigenvalue weighted by atomic mass is 32.2. The summed E-state index contributed by atoms with van der Waals surface area (Å²) in [5, 5.41) is 3.58. The Morgan fingerprint density at radius 2 is 1.89 bits per heavy atom. The minimum Gasteiger partial charge on any atom is -0.494 e. The molecule has 3 heteroatoms. The molecule has 1 aromatic carbocycles. The minimum absolute atomic E-state index is 0.277. The summed E-state index contributed by atoms with van der Waals surface area (Å²) in [7, 11) is 0. The Morgan fingerprint density at radius 1 is 1.28 bits per heavy atom. The zero-order valence-electron chi connectivity index (χ0n) is 12.1. The highest BCUT2D eigenvalue weighted by Crippen LogP contribution is 2.22. The van der Waals surface area contributed by atoms with E-state index in [0.29, 0.717) is 6.04 Å². The van der Waals surface area contributed by atoms with Gasteiger partial charge in [0.25, 0.3) is 0 Å². The third-order valence-electron chi connectivity index (χ3n) is 3.08. The van der Waals surface area contributed by atoms with E-state index in [0.717, 1.165) is 18.9 Å². The van der Waals surface area contributed by atoms with E-state index >= 15 is 0 Å². The number of nitrogens with one attached hydrogen (secondary N) is 1. The Labute approximate surface area is 116 Å². The van der Waals surface area contributed by atoms with Crippen molar-refractivity contribution >= 4 is 11.8 Å². The summed E-state index contributed by atoms with van der Waals surface area (Å²) in [6.07, 6.45) is 2.16. The van der Waals surface area contributed by atoms with Crippen molar-refractivity contribution < 1.29 is 4.74 Å². The van der Waals surface area contributed by atoms with Crippen LogP contribution in [0.15, 0.2) is 24.3 Å². The molecule has 2 nitrogen and oxygen atoms in total. The minimum atomic E-state index is 0.277. The van der Waals surface area contributed by atoms with E-state index in [4.69, 9.17) is 4.74 Å². The Hall–Kier alpha value is -0.670. The molecule has 0 heterocycles. The van der Waals surface area contributed by atoms with Crippen molar-refractivity contribution in [2.75, 3.05) is 19.4 Å². The number of hydrogen-bond acceptors (Lipinski definition) is 3. The second kappa shape index (κ2) is 7.05. The van der Waals surface area contributed by atoms with Gasteiger partial charge in [0.05, 0.1) is 6.61 Å². The van der Waals surface area contributed by atoms with Crippen molar-refractivity contribution in [2.24, 2.45) is 0 Å². The lowest BCUT2D eigenvalue weighted by Gasteiger charge is -2.25. The summed E-state index contributed by atoms with van der Waals surface area (Å²) in [4.78, 5) is 0. The predicted molar refractivity (Wildman–Crippen MR) is 81.6 cm³/mol. The largest absolute Gasteiger partial charge is 0.494 e. The van der Waals surface area contributed by atoms with Crippen LogP contribution in [-0.2, 0) is 0 Å². The maximum Gasteiger partial charge on any atom is 0.119 e. The molecule has 1 N–H and O–H groups in total. The normalized spacial score (nSPS) is 13.4. The first-order chi connectivity index (χ1) is 8.48. The van der Waals surface area contributed by atoms with Gasteiger partial charge >= 0.3 is 0 Å². The number of benzene rings is 1. The smallest absolute Gasteiger partial charge is 0.119 e. The van der Waals surface area contributed by atoms with Crippen molar-refractivity contribution in [1.82, 2.24) is 5.32 Å². The van der Waals surface area contributed by atoms with Crippen LogP contribution in [0.25, 0.3) is 0 Å². The third kappa shape index (κ3) is 4.91. The molecule has 0 saturated carbocycles. The lowest BCUT2D eigenvalue weighted by Crippen LogP contribution is -2.33. The first-order valence-electron chi connectivity index (χ1n) is 6.50. The van der Waals surface area contributed by atoms with E-state index in [2.05, 4.69) is 44.5 Å². The summed E-state index contributed by atoms with van der Waals surface area (Å²) in [6, 6.07) is 8.71. The van der Waals surface area contributed by atoms with E-state index < -0.39 is 0 Å². The number of hydrogen-bond donors (Lipinski definition) is 1. The Kier molecular flexibility index (Phi) is 6.03. The molecule has 0 aliphatic heterocycles. The molecule has 1 aromatic rings. The lowest BCUT2D eigenvalue weighted by molar-refractivity contribution is 0.340. The average molecular weight is 267 g/mol. The summed E-state index contributed by atoms with van der Waals surface area (Å²) in [5.41, 5.74) is 1.30. The third-order valence-corrected chi connectivity index (χ3v) is 4.33. The van der Waals surface area contributed by atoms with Crippen molar-refractivity contribution in [3.8, 4) is 5.75 Å². The molecule has 0 aliphatic carbocycles. The molecule has 1 rings (SSSR count). The maximum absolute atomic E-state index is 5.45. The molecule has 0 amide bonds. The predicted octanol–water partition coefficient (Wildman–Crippen LogP) is 3.88. The topological polar surface area (TPSA) is 21.3 Å². The molecular formula is C15H25NOS. The molecule has 0 radical (unpaired) electrons. The van der Waals surface area contributed by atoms with Gasteiger partial charge in [0, 0.05) is 17.3 Å². The van der Waals surface area contributed by atoms with Gasteiger partial charge in [-0.25, -0.2) is 0 Å². The second-order valence-corrected chi connectivity index (χ2v) is 6.58. The van der Waals surface area contributed by atoms with Gasteiger partial charge in [-0.05, 0) is 51.6 Å². The van der Waals surface area contributed by atoms with Crippen molar-refractivity contribution in [3.05, 3.63) is 29.8 Å². The van der Waals surface area contributed by atoms with E-state index in [1.54, 1.807) is 0 Å². The van der Waals surface area contributed by atoms with Crippen LogP contribution in [0.2, 0.25) is 0 Å². The van der Waals surface area contributed by atoms with Crippen LogP contribution < -0.4 is 10.1 Å². The van der Waals surface area contributed by atoms with Crippen LogP contribution >= 0.6 is 11.8 Å². The molecule has 0 bridgehead atoms.